The third kappa shape index (κ3) is 4.59. The van der Waals surface area contributed by atoms with E-state index in [2.05, 4.69) is 5.32 Å². The van der Waals surface area contributed by atoms with Gasteiger partial charge in [-0.1, -0.05) is 11.6 Å². The second kappa shape index (κ2) is 8.15. The van der Waals surface area contributed by atoms with Gasteiger partial charge in [-0.2, -0.15) is 5.26 Å². The number of nitriles is 1. The van der Waals surface area contributed by atoms with E-state index < -0.39 is 0 Å². The molecule has 0 unspecified atom stereocenters. The van der Waals surface area contributed by atoms with Gasteiger partial charge in [0.05, 0.1) is 29.6 Å². The molecule has 1 aliphatic rings. The summed E-state index contributed by atoms with van der Waals surface area (Å²) in [5.74, 6) is 1.54. The number of anilines is 1. The van der Waals surface area contributed by atoms with Crippen molar-refractivity contribution in [2.24, 2.45) is 0 Å². The van der Waals surface area contributed by atoms with Crippen molar-refractivity contribution in [2.45, 2.75) is 11.3 Å². The number of benzene rings is 2. The number of nitrogens with one attached hydrogen (secondary N) is 1. The van der Waals surface area contributed by atoms with Crippen LogP contribution in [0, 0.1) is 11.3 Å². The van der Waals surface area contributed by atoms with Gasteiger partial charge >= 0.3 is 0 Å². The van der Waals surface area contributed by atoms with Crippen LogP contribution in [0.2, 0.25) is 5.02 Å². The third-order valence-electron chi connectivity index (χ3n) is 3.46. The molecule has 2 aromatic rings. The van der Waals surface area contributed by atoms with Gasteiger partial charge in [0.2, 0.25) is 5.91 Å². The lowest BCUT2D eigenvalue weighted by Crippen LogP contribution is -2.14. The Balaban J connectivity index is 1.58. The van der Waals surface area contributed by atoms with Crippen molar-refractivity contribution >= 4 is 35.0 Å². The van der Waals surface area contributed by atoms with Crippen LogP contribution in [-0.4, -0.2) is 24.9 Å². The van der Waals surface area contributed by atoms with Gasteiger partial charge in [-0.25, -0.2) is 0 Å². The molecule has 5 nitrogen and oxygen atoms in total. The average molecular weight is 375 g/mol. The number of ether oxygens (including phenoxy) is 2. The Bertz CT molecular complexity index is 836. The Labute approximate surface area is 154 Å². The number of halogens is 1. The molecular formula is C18H15ClN2O3S. The minimum Gasteiger partial charge on any atom is -0.490 e. The van der Waals surface area contributed by atoms with Gasteiger partial charge in [0.15, 0.2) is 11.5 Å². The Morgan fingerprint density at radius 2 is 2.00 bits per heavy atom. The topological polar surface area (TPSA) is 71.4 Å². The van der Waals surface area contributed by atoms with Crippen LogP contribution in [0.15, 0.2) is 41.3 Å². The molecule has 128 valence electrons. The van der Waals surface area contributed by atoms with E-state index in [-0.39, 0.29) is 11.7 Å². The smallest absolute Gasteiger partial charge is 0.234 e. The van der Waals surface area contributed by atoms with E-state index >= 15 is 0 Å². The fourth-order valence-corrected chi connectivity index (χ4v) is 3.21. The van der Waals surface area contributed by atoms with Crippen molar-refractivity contribution in [3.05, 3.63) is 47.0 Å². The number of hydrogen-bond acceptors (Lipinski definition) is 5. The summed E-state index contributed by atoms with van der Waals surface area (Å²) in [6.07, 6.45) is 0.854. The van der Waals surface area contributed by atoms with Gasteiger partial charge < -0.3 is 14.8 Å². The van der Waals surface area contributed by atoms with Crippen molar-refractivity contribution in [3.63, 3.8) is 0 Å². The molecule has 0 spiro atoms. The van der Waals surface area contributed by atoms with Crippen LogP contribution >= 0.6 is 23.4 Å². The lowest BCUT2D eigenvalue weighted by Gasteiger charge is -2.09. The van der Waals surface area contributed by atoms with Gasteiger partial charge in [-0.15, -0.1) is 11.8 Å². The molecule has 1 heterocycles. The minimum atomic E-state index is -0.155. The van der Waals surface area contributed by atoms with Crippen molar-refractivity contribution in [3.8, 4) is 17.6 Å². The molecule has 3 rings (SSSR count). The minimum absolute atomic E-state index is 0.155. The number of carbonyl (C=O) groups is 1. The summed E-state index contributed by atoms with van der Waals surface area (Å²) < 4.78 is 11.2. The van der Waals surface area contributed by atoms with E-state index in [1.165, 1.54) is 11.8 Å². The summed E-state index contributed by atoms with van der Waals surface area (Å²) in [6.45, 7) is 1.27. The normalized spacial score (nSPS) is 12.8. The molecule has 1 N–H and O–H groups in total. The predicted molar refractivity (Wildman–Crippen MR) is 97.6 cm³/mol. The highest BCUT2D eigenvalue weighted by molar-refractivity contribution is 8.00. The second-order valence-electron chi connectivity index (χ2n) is 5.30. The van der Waals surface area contributed by atoms with Gasteiger partial charge in [0, 0.05) is 17.0 Å². The Morgan fingerprint density at radius 3 is 2.76 bits per heavy atom. The Hall–Kier alpha value is -2.36. The summed E-state index contributed by atoms with van der Waals surface area (Å²) in [6, 6.07) is 12.4. The van der Waals surface area contributed by atoms with Gasteiger partial charge in [0.1, 0.15) is 6.07 Å². The van der Waals surface area contributed by atoms with Crippen molar-refractivity contribution in [1.29, 1.82) is 5.26 Å². The number of carbonyl (C=O) groups excluding carboxylic acids is 1. The molecule has 0 aromatic heterocycles. The quantitative estimate of drug-likeness (QED) is 0.815. The number of thioether (sulfide) groups is 1. The third-order valence-corrected chi connectivity index (χ3v) is 4.77. The first-order chi connectivity index (χ1) is 12.2. The van der Waals surface area contributed by atoms with Crippen molar-refractivity contribution < 1.29 is 14.3 Å². The van der Waals surface area contributed by atoms with Crippen LogP contribution in [0.5, 0.6) is 11.5 Å². The summed E-state index contributed by atoms with van der Waals surface area (Å²) in [7, 11) is 0. The molecule has 25 heavy (non-hydrogen) atoms. The first-order valence-electron chi connectivity index (χ1n) is 7.67. The first-order valence-corrected chi connectivity index (χ1v) is 9.04. The number of amides is 1. The standard InChI is InChI=1S/C18H15ClN2O3S/c19-15-8-13(3-2-12(15)10-20)21-18(22)11-25-14-4-5-16-17(9-14)24-7-1-6-23-16/h2-5,8-9H,1,6-7,11H2,(H,21,22). The molecule has 0 bridgehead atoms. The SMILES string of the molecule is N#Cc1ccc(NC(=O)CSc2ccc3c(c2)OCCCO3)cc1Cl. The maximum atomic E-state index is 12.1. The maximum Gasteiger partial charge on any atom is 0.234 e. The van der Waals surface area contributed by atoms with E-state index in [4.69, 9.17) is 26.3 Å². The van der Waals surface area contributed by atoms with Crippen molar-refractivity contribution in [1.82, 2.24) is 0 Å². The fourth-order valence-electron chi connectivity index (χ4n) is 2.26. The zero-order valence-corrected chi connectivity index (χ0v) is 14.8. The fraction of sp³-hybridized carbons (Fsp3) is 0.222. The highest BCUT2D eigenvalue weighted by Crippen LogP contribution is 2.33. The van der Waals surface area contributed by atoms with Crippen LogP contribution in [0.25, 0.3) is 0 Å². The lowest BCUT2D eigenvalue weighted by atomic mass is 10.2. The number of rotatable bonds is 4. The Kier molecular flexibility index (Phi) is 5.69. The summed E-state index contributed by atoms with van der Waals surface area (Å²) in [4.78, 5) is 13.0. The Morgan fingerprint density at radius 1 is 1.20 bits per heavy atom. The van der Waals surface area contributed by atoms with E-state index in [0.29, 0.717) is 35.2 Å². The molecule has 0 saturated heterocycles. The van der Waals surface area contributed by atoms with Crippen LogP contribution in [0.1, 0.15) is 12.0 Å². The van der Waals surface area contributed by atoms with Crippen LogP contribution in [-0.2, 0) is 4.79 Å². The monoisotopic (exact) mass is 374 g/mol. The van der Waals surface area contributed by atoms with Crippen LogP contribution in [0.4, 0.5) is 5.69 Å². The number of nitrogens with zero attached hydrogens (tertiary/aromatic N) is 1. The van der Waals surface area contributed by atoms with Gasteiger partial charge in [0.25, 0.3) is 0 Å². The largest absolute Gasteiger partial charge is 0.490 e. The van der Waals surface area contributed by atoms with Crippen molar-refractivity contribution in [2.75, 3.05) is 24.3 Å². The molecule has 0 atom stereocenters. The molecule has 0 aliphatic carbocycles. The van der Waals surface area contributed by atoms with E-state index in [1.807, 2.05) is 24.3 Å². The molecule has 1 amide bonds. The van der Waals surface area contributed by atoms with E-state index in [1.54, 1.807) is 18.2 Å². The molecule has 1 aliphatic heterocycles. The first kappa shape index (κ1) is 17.5. The van der Waals surface area contributed by atoms with Gasteiger partial charge in [-0.3, -0.25) is 4.79 Å². The average Bonchev–Trinajstić information content (AvgIpc) is 2.85. The molecule has 0 radical (unpaired) electrons. The zero-order valence-electron chi connectivity index (χ0n) is 13.3. The van der Waals surface area contributed by atoms with E-state index in [0.717, 1.165) is 17.1 Å². The maximum absolute atomic E-state index is 12.1. The summed E-state index contributed by atoms with van der Waals surface area (Å²) >= 11 is 7.37. The molecular weight excluding hydrogens is 360 g/mol. The molecule has 0 saturated carbocycles. The highest BCUT2D eigenvalue weighted by Gasteiger charge is 2.12. The predicted octanol–water partition coefficient (Wildman–Crippen LogP) is 4.10. The highest BCUT2D eigenvalue weighted by atomic mass is 35.5. The zero-order chi connectivity index (χ0) is 17.6. The van der Waals surface area contributed by atoms with E-state index in [9.17, 15) is 4.79 Å². The summed E-state index contributed by atoms with van der Waals surface area (Å²) in [5.41, 5.74) is 0.939. The number of fused-ring (bicyclic) bond motifs is 1. The second-order valence-corrected chi connectivity index (χ2v) is 6.76. The number of hydrogen-bond donors (Lipinski definition) is 1. The lowest BCUT2D eigenvalue weighted by molar-refractivity contribution is -0.113. The van der Waals surface area contributed by atoms with Crippen LogP contribution < -0.4 is 14.8 Å². The van der Waals surface area contributed by atoms with Gasteiger partial charge in [-0.05, 0) is 36.4 Å². The summed E-state index contributed by atoms with van der Waals surface area (Å²) in [5, 5.41) is 11.9. The molecule has 7 heteroatoms. The molecule has 0 fully saturated rings. The molecule has 2 aromatic carbocycles. The van der Waals surface area contributed by atoms with Crippen LogP contribution in [0.3, 0.4) is 0 Å².